The third kappa shape index (κ3) is 4.98. The van der Waals surface area contributed by atoms with Crippen LogP contribution in [-0.2, 0) is 11.3 Å². The van der Waals surface area contributed by atoms with Crippen LogP contribution in [-0.4, -0.2) is 67.2 Å². The molecule has 0 aliphatic carbocycles. The van der Waals surface area contributed by atoms with E-state index in [1.54, 1.807) is 0 Å². The van der Waals surface area contributed by atoms with Gasteiger partial charge in [-0.2, -0.15) is 0 Å². The molecule has 0 N–H and O–H groups in total. The van der Waals surface area contributed by atoms with Gasteiger partial charge < -0.3 is 14.5 Å². The third-order valence-corrected chi connectivity index (χ3v) is 5.79. The van der Waals surface area contributed by atoms with Crippen LogP contribution in [0, 0.1) is 0 Å². The van der Waals surface area contributed by atoms with Crippen molar-refractivity contribution in [1.82, 2.24) is 9.80 Å². The molecule has 2 aliphatic heterocycles. The number of hydrogen-bond acceptors (Lipinski definition) is 4. The van der Waals surface area contributed by atoms with Crippen LogP contribution in [0.25, 0.3) is 0 Å². The number of anilines is 1. The Labute approximate surface area is 173 Å². The number of morpholine rings is 1. The van der Waals surface area contributed by atoms with Crippen molar-refractivity contribution in [3.05, 3.63) is 65.7 Å². The van der Waals surface area contributed by atoms with Gasteiger partial charge in [0.15, 0.2) is 0 Å². The molecule has 2 atom stereocenters. The van der Waals surface area contributed by atoms with E-state index in [1.807, 2.05) is 23.1 Å². The molecule has 0 radical (unpaired) electrons. The normalized spacial score (nSPS) is 23.2. The molecule has 2 heterocycles. The molecule has 2 aromatic carbocycles. The fraction of sp³-hybridized carbons (Fsp3) is 0.458. The molecule has 4 rings (SSSR count). The molecule has 2 saturated heterocycles. The molecule has 5 nitrogen and oxygen atoms in total. The van der Waals surface area contributed by atoms with Crippen LogP contribution < -0.4 is 4.90 Å². The highest BCUT2D eigenvalue weighted by Crippen LogP contribution is 2.18. The fourth-order valence-corrected chi connectivity index (χ4v) is 4.41. The first kappa shape index (κ1) is 19.9. The van der Waals surface area contributed by atoms with Gasteiger partial charge in [-0.15, -0.1) is 0 Å². The van der Waals surface area contributed by atoms with E-state index in [9.17, 15) is 4.79 Å². The van der Waals surface area contributed by atoms with Crippen LogP contribution in [0.15, 0.2) is 54.6 Å². The Kier molecular flexibility index (Phi) is 6.16. The highest BCUT2D eigenvalue weighted by molar-refractivity contribution is 5.94. The maximum Gasteiger partial charge on any atom is 0.253 e. The first-order valence-electron chi connectivity index (χ1n) is 10.6. The van der Waals surface area contributed by atoms with Crippen LogP contribution >= 0.6 is 0 Å². The molecule has 0 aromatic heterocycles. The number of hydrogen-bond donors (Lipinski definition) is 0. The van der Waals surface area contributed by atoms with Crippen molar-refractivity contribution in [2.45, 2.75) is 32.6 Å². The van der Waals surface area contributed by atoms with Crippen LogP contribution in [0.3, 0.4) is 0 Å². The summed E-state index contributed by atoms with van der Waals surface area (Å²) < 4.78 is 5.81. The van der Waals surface area contributed by atoms with Crippen molar-refractivity contribution in [1.29, 1.82) is 0 Å². The zero-order valence-corrected chi connectivity index (χ0v) is 17.5. The van der Waals surface area contributed by atoms with Gasteiger partial charge in [-0.3, -0.25) is 9.69 Å². The van der Waals surface area contributed by atoms with Gasteiger partial charge in [-0.25, -0.2) is 0 Å². The zero-order valence-electron chi connectivity index (χ0n) is 17.5. The lowest BCUT2D eigenvalue weighted by Gasteiger charge is -2.36. The quantitative estimate of drug-likeness (QED) is 0.799. The second kappa shape index (κ2) is 8.97. The number of benzene rings is 2. The average Bonchev–Trinajstić information content (AvgIpc) is 2.74. The summed E-state index contributed by atoms with van der Waals surface area (Å²) in [5, 5.41) is 0. The Morgan fingerprint density at radius 2 is 1.52 bits per heavy atom. The predicted octanol–water partition coefficient (Wildman–Crippen LogP) is 3.26. The molecular weight excluding hydrogens is 362 g/mol. The van der Waals surface area contributed by atoms with E-state index >= 15 is 0 Å². The first-order chi connectivity index (χ1) is 14.1. The number of carbonyl (C=O) groups excluding carboxylic acids is 1. The summed E-state index contributed by atoms with van der Waals surface area (Å²) in [4.78, 5) is 19.7. The lowest BCUT2D eigenvalue weighted by molar-refractivity contribution is -0.0704. The largest absolute Gasteiger partial charge is 0.373 e. The number of para-hydroxylation sites is 1. The minimum atomic E-state index is 0.137. The minimum absolute atomic E-state index is 0.137. The number of carbonyl (C=O) groups is 1. The smallest absolute Gasteiger partial charge is 0.253 e. The lowest BCUT2D eigenvalue weighted by atomic mass is 10.1. The summed E-state index contributed by atoms with van der Waals surface area (Å²) in [5.74, 6) is 0.137. The SMILES string of the molecule is C[C@@H]1CN(Cc2ccc(C(=O)N3CCN(c4ccccc4)CC3)cc2)C[C@@H](C)O1. The average molecular weight is 394 g/mol. The molecule has 29 heavy (non-hydrogen) atoms. The molecular formula is C24H31N3O2. The van der Waals surface area contributed by atoms with E-state index in [1.165, 1.54) is 11.3 Å². The molecule has 0 bridgehead atoms. The van der Waals surface area contributed by atoms with E-state index in [0.29, 0.717) is 0 Å². The molecule has 2 aliphatic rings. The second-order valence-electron chi connectivity index (χ2n) is 8.26. The summed E-state index contributed by atoms with van der Waals surface area (Å²) in [5.41, 5.74) is 3.26. The molecule has 0 unspecified atom stereocenters. The second-order valence-corrected chi connectivity index (χ2v) is 8.26. The summed E-state index contributed by atoms with van der Waals surface area (Å²) >= 11 is 0. The number of ether oxygens (including phenoxy) is 1. The number of amides is 1. The van der Waals surface area contributed by atoms with Gasteiger partial charge in [0, 0.05) is 57.1 Å². The molecule has 1 amide bonds. The first-order valence-corrected chi connectivity index (χ1v) is 10.6. The van der Waals surface area contributed by atoms with E-state index < -0.39 is 0 Å². The number of rotatable bonds is 4. The molecule has 0 spiro atoms. The Morgan fingerprint density at radius 3 is 2.14 bits per heavy atom. The van der Waals surface area contributed by atoms with Crippen LogP contribution in [0.2, 0.25) is 0 Å². The monoisotopic (exact) mass is 393 g/mol. The molecule has 2 fully saturated rings. The minimum Gasteiger partial charge on any atom is -0.373 e. The molecule has 0 saturated carbocycles. The highest BCUT2D eigenvalue weighted by Gasteiger charge is 2.24. The molecule has 5 heteroatoms. The van der Waals surface area contributed by atoms with E-state index in [4.69, 9.17) is 4.74 Å². The van der Waals surface area contributed by atoms with Crippen molar-refractivity contribution in [2.75, 3.05) is 44.2 Å². The van der Waals surface area contributed by atoms with Gasteiger partial charge >= 0.3 is 0 Å². The Morgan fingerprint density at radius 1 is 0.897 bits per heavy atom. The maximum atomic E-state index is 12.9. The highest BCUT2D eigenvalue weighted by atomic mass is 16.5. The topological polar surface area (TPSA) is 36.0 Å². The van der Waals surface area contributed by atoms with E-state index in [0.717, 1.165) is 51.4 Å². The number of nitrogens with zero attached hydrogens (tertiary/aromatic N) is 3. The maximum absolute atomic E-state index is 12.9. The van der Waals surface area contributed by atoms with Crippen molar-refractivity contribution >= 4 is 11.6 Å². The Hall–Kier alpha value is -2.37. The number of piperazine rings is 1. The van der Waals surface area contributed by atoms with Crippen LogP contribution in [0.1, 0.15) is 29.8 Å². The van der Waals surface area contributed by atoms with Gasteiger partial charge in [0.05, 0.1) is 12.2 Å². The van der Waals surface area contributed by atoms with Gasteiger partial charge in [0.2, 0.25) is 0 Å². The van der Waals surface area contributed by atoms with Crippen molar-refractivity contribution in [2.24, 2.45) is 0 Å². The zero-order chi connectivity index (χ0) is 20.2. The van der Waals surface area contributed by atoms with Crippen molar-refractivity contribution in [3.8, 4) is 0 Å². The summed E-state index contributed by atoms with van der Waals surface area (Å²) in [6, 6.07) is 18.6. The van der Waals surface area contributed by atoms with Crippen molar-refractivity contribution in [3.63, 3.8) is 0 Å². The van der Waals surface area contributed by atoms with E-state index in [-0.39, 0.29) is 18.1 Å². The third-order valence-electron chi connectivity index (χ3n) is 5.79. The Balaban J connectivity index is 1.31. The van der Waals surface area contributed by atoms with Crippen LogP contribution in [0.4, 0.5) is 5.69 Å². The Bertz CT molecular complexity index is 791. The predicted molar refractivity (Wildman–Crippen MR) is 116 cm³/mol. The standard InChI is InChI=1S/C24H31N3O2/c1-19-16-25(17-20(2)29-19)18-21-8-10-22(11-9-21)24(28)27-14-12-26(13-15-27)23-6-4-3-5-7-23/h3-11,19-20H,12-18H2,1-2H3/t19-,20-/m1/s1. The van der Waals surface area contributed by atoms with Gasteiger partial charge in [-0.1, -0.05) is 30.3 Å². The van der Waals surface area contributed by atoms with Gasteiger partial charge in [-0.05, 0) is 43.7 Å². The fourth-order valence-electron chi connectivity index (χ4n) is 4.41. The molecule has 2 aromatic rings. The van der Waals surface area contributed by atoms with E-state index in [2.05, 4.69) is 60.0 Å². The summed E-state index contributed by atoms with van der Waals surface area (Å²) in [6.45, 7) is 10.3. The van der Waals surface area contributed by atoms with Crippen molar-refractivity contribution < 1.29 is 9.53 Å². The van der Waals surface area contributed by atoms with Crippen LogP contribution in [0.5, 0.6) is 0 Å². The lowest BCUT2D eigenvalue weighted by Crippen LogP contribution is -2.48. The summed E-state index contributed by atoms with van der Waals surface area (Å²) in [7, 11) is 0. The van der Waals surface area contributed by atoms with Gasteiger partial charge in [0.1, 0.15) is 0 Å². The summed E-state index contributed by atoms with van der Waals surface area (Å²) in [6.07, 6.45) is 0.545. The van der Waals surface area contributed by atoms with Gasteiger partial charge in [0.25, 0.3) is 5.91 Å². The molecule has 154 valence electrons.